The maximum Gasteiger partial charge on any atom is 0.0233 e. The van der Waals surface area contributed by atoms with Gasteiger partial charge in [0.25, 0.3) is 0 Å². The molecule has 2 atom stereocenters. The minimum absolute atomic E-state index is 0.695. The quantitative estimate of drug-likeness (QED) is 0.882. The fraction of sp³-hybridized carbons (Fsp3) is 0.625. The molecule has 1 N–H and O–H groups in total. The summed E-state index contributed by atoms with van der Waals surface area (Å²) in [7, 11) is 2.08. The molecule has 1 aromatic rings. The molecule has 0 radical (unpaired) electrons. The van der Waals surface area contributed by atoms with Gasteiger partial charge in [-0.3, -0.25) is 4.90 Å². The number of rotatable bonds is 3. The van der Waals surface area contributed by atoms with Gasteiger partial charge in [0.1, 0.15) is 0 Å². The fourth-order valence-electron chi connectivity index (χ4n) is 2.96. The molecule has 0 amide bonds. The number of hydrogen-bond acceptors (Lipinski definition) is 2. The lowest BCUT2D eigenvalue weighted by Gasteiger charge is -2.36. The summed E-state index contributed by atoms with van der Waals surface area (Å²) in [6.45, 7) is 10.3. The van der Waals surface area contributed by atoms with E-state index in [0.717, 1.165) is 12.5 Å². The van der Waals surface area contributed by atoms with E-state index in [1.165, 1.54) is 36.2 Å². The first-order chi connectivity index (χ1) is 8.60. The second-order valence-electron chi connectivity index (χ2n) is 5.81. The number of nitrogens with zero attached hydrogens (tertiary/aromatic N) is 1. The Kier molecular flexibility index (Phi) is 4.41. The minimum Gasteiger partial charge on any atom is -0.317 e. The van der Waals surface area contributed by atoms with Crippen LogP contribution in [0.15, 0.2) is 18.2 Å². The van der Waals surface area contributed by atoms with Crippen LogP contribution in [0.5, 0.6) is 0 Å². The molecule has 1 heterocycles. The van der Waals surface area contributed by atoms with Crippen molar-refractivity contribution in [2.45, 2.75) is 39.8 Å². The molecule has 1 aliphatic heterocycles. The zero-order valence-corrected chi connectivity index (χ0v) is 12.2. The summed E-state index contributed by atoms with van der Waals surface area (Å²) in [6, 6.07) is 7.55. The lowest BCUT2D eigenvalue weighted by Crippen LogP contribution is -2.46. The first-order valence-corrected chi connectivity index (χ1v) is 7.06. The van der Waals surface area contributed by atoms with Gasteiger partial charge in [0.2, 0.25) is 0 Å². The van der Waals surface area contributed by atoms with Crippen molar-refractivity contribution in [3.8, 4) is 0 Å². The summed E-state index contributed by atoms with van der Waals surface area (Å²) in [4.78, 5) is 2.59. The Balaban J connectivity index is 1.96. The van der Waals surface area contributed by atoms with E-state index in [4.69, 9.17) is 0 Å². The van der Waals surface area contributed by atoms with Crippen LogP contribution in [0.1, 0.15) is 30.0 Å². The minimum atomic E-state index is 0.695. The predicted molar refractivity (Wildman–Crippen MR) is 77.8 cm³/mol. The summed E-state index contributed by atoms with van der Waals surface area (Å²) in [6.07, 6.45) is 1.27. The zero-order valence-electron chi connectivity index (χ0n) is 12.2. The maximum atomic E-state index is 3.43. The Bertz CT molecular complexity index is 400. The summed E-state index contributed by atoms with van der Waals surface area (Å²) in [5.74, 6) is 0.746. The van der Waals surface area contributed by atoms with E-state index in [1.807, 2.05) is 0 Å². The third kappa shape index (κ3) is 3.12. The molecule has 2 heteroatoms. The predicted octanol–water partition coefficient (Wildman–Crippen LogP) is 2.73. The molecule has 2 nitrogen and oxygen atoms in total. The lowest BCUT2D eigenvalue weighted by atomic mass is 9.93. The van der Waals surface area contributed by atoms with Gasteiger partial charge in [-0.25, -0.2) is 0 Å². The van der Waals surface area contributed by atoms with Gasteiger partial charge in [-0.05, 0) is 56.5 Å². The van der Waals surface area contributed by atoms with Crippen LogP contribution in [-0.2, 0) is 6.54 Å². The second-order valence-corrected chi connectivity index (χ2v) is 5.81. The van der Waals surface area contributed by atoms with Crippen LogP contribution in [0.25, 0.3) is 0 Å². The van der Waals surface area contributed by atoms with Gasteiger partial charge in [-0.1, -0.05) is 25.1 Å². The molecule has 2 rings (SSSR count). The van der Waals surface area contributed by atoms with Crippen molar-refractivity contribution >= 4 is 0 Å². The van der Waals surface area contributed by atoms with E-state index in [0.29, 0.717) is 6.04 Å². The van der Waals surface area contributed by atoms with E-state index in [2.05, 4.69) is 56.2 Å². The largest absolute Gasteiger partial charge is 0.317 e. The normalized spacial score (nSPS) is 25.3. The van der Waals surface area contributed by atoms with Crippen LogP contribution >= 0.6 is 0 Å². The van der Waals surface area contributed by atoms with Gasteiger partial charge in [0, 0.05) is 19.1 Å². The van der Waals surface area contributed by atoms with Crippen LogP contribution in [0.4, 0.5) is 0 Å². The van der Waals surface area contributed by atoms with E-state index in [-0.39, 0.29) is 0 Å². The van der Waals surface area contributed by atoms with Crippen molar-refractivity contribution in [2.24, 2.45) is 5.92 Å². The van der Waals surface area contributed by atoms with Crippen LogP contribution < -0.4 is 5.32 Å². The number of piperidine rings is 1. The smallest absolute Gasteiger partial charge is 0.0233 e. The molecule has 1 aromatic carbocycles. The molecule has 18 heavy (non-hydrogen) atoms. The summed E-state index contributed by atoms with van der Waals surface area (Å²) < 4.78 is 0. The number of aryl methyl sites for hydroxylation is 2. The molecule has 0 bridgehead atoms. The molecule has 0 aromatic heterocycles. The van der Waals surface area contributed by atoms with Crippen LogP contribution in [0, 0.1) is 19.8 Å². The summed E-state index contributed by atoms with van der Waals surface area (Å²) in [5, 5.41) is 3.43. The second kappa shape index (κ2) is 5.85. The average Bonchev–Trinajstić information content (AvgIpc) is 2.34. The van der Waals surface area contributed by atoms with Crippen molar-refractivity contribution < 1.29 is 0 Å². The van der Waals surface area contributed by atoms with Gasteiger partial charge in [0.05, 0.1) is 0 Å². The van der Waals surface area contributed by atoms with Crippen LogP contribution in [0.2, 0.25) is 0 Å². The van der Waals surface area contributed by atoms with Gasteiger partial charge in [0.15, 0.2) is 0 Å². The van der Waals surface area contributed by atoms with Crippen molar-refractivity contribution in [3.05, 3.63) is 34.9 Å². The Morgan fingerprint density at radius 2 is 2.06 bits per heavy atom. The van der Waals surface area contributed by atoms with E-state index >= 15 is 0 Å². The molecule has 100 valence electrons. The molecular formula is C16H26N2. The number of hydrogen-bond donors (Lipinski definition) is 1. The Morgan fingerprint density at radius 1 is 1.28 bits per heavy atom. The molecule has 0 saturated carbocycles. The van der Waals surface area contributed by atoms with Crippen molar-refractivity contribution in [1.82, 2.24) is 10.2 Å². The average molecular weight is 246 g/mol. The van der Waals surface area contributed by atoms with Gasteiger partial charge in [-0.15, -0.1) is 0 Å². The molecule has 2 unspecified atom stereocenters. The maximum absolute atomic E-state index is 3.43. The van der Waals surface area contributed by atoms with Gasteiger partial charge >= 0.3 is 0 Å². The van der Waals surface area contributed by atoms with Crippen LogP contribution in [-0.4, -0.2) is 31.1 Å². The monoisotopic (exact) mass is 246 g/mol. The molecule has 1 fully saturated rings. The number of benzene rings is 1. The Hall–Kier alpha value is -0.860. The topological polar surface area (TPSA) is 15.3 Å². The van der Waals surface area contributed by atoms with Gasteiger partial charge in [-0.2, -0.15) is 0 Å². The molecule has 0 aliphatic carbocycles. The highest BCUT2D eigenvalue weighted by molar-refractivity contribution is 5.29. The summed E-state index contributed by atoms with van der Waals surface area (Å²) >= 11 is 0. The third-order valence-electron chi connectivity index (χ3n) is 4.34. The van der Waals surface area contributed by atoms with Crippen LogP contribution in [0.3, 0.4) is 0 Å². The zero-order chi connectivity index (χ0) is 13.1. The van der Waals surface area contributed by atoms with E-state index < -0.39 is 0 Å². The van der Waals surface area contributed by atoms with E-state index in [9.17, 15) is 0 Å². The first-order valence-electron chi connectivity index (χ1n) is 7.06. The van der Waals surface area contributed by atoms with Gasteiger partial charge < -0.3 is 5.32 Å². The highest BCUT2D eigenvalue weighted by Gasteiger charge is 2.24. The summed E-state index contributed by atoms with van der Waals surface area (Å²) in [5.41, 5.74) is 4.25. The standard InChI is InChI=1S/C16H26N2/c1-12-5-6-15(9-13(12)2)11-18-8-7-16(17-4)14(3)10-18/h5-6,9,14,16-17H,7-8,10-11H2,1-4H3. The molecule has 1 saturated heterocycles. The molecular weight excluding hydrogens is 220 g/mol. The molecule has 1 aliphatic rings. The number of nitrogens with one attached hydrogen (secondary N) is 1. The van der Waals surface area contributed by atoms with Crippen molar-refractivity contribution in [1.29, 1.82) is 0 Å². The lowest BCUT2D eigenvalue weighted by molar-refractivity contribution is 0.145. The van der Waals surface area contributed by atoms with Crippen molar-refractivity contribution in [2.75, 3.05) is 20.1 Å². The fourth-order valence-corrected chi connectivity index (χ4v) is 2.96. The SMILES string of the molecule is CNC1CCN(Cc2ccc(C)c(C)c2)CC1C. The Labute approximate surface area is 111 Å². The number of likely N-dealkylation sites (tertiary alicyclic amines) is 1. The third-order valence-corrected chi connectivity index (χ3v) is 4.34. The highest BCUT2D eigenvalue weighted by atomic mass is 15.1. The molecule has 0 spiro atoms. The Morgan fingerprint density at radius 3 is 2.67 bits per heavy atom. The first kappa shape index (κ1) is 13.6. The van der Waals surface area contributed by atoms with E-state index in [1.54, 1.807) is 0 Å². The highest BCUT2D eigenvalue weighted by Crippen LogP contribution is 2.19. The van der Waals surface area contributed by atoms with Crippen molar-refractivity contribution in [3.63, 3.8) is 0 Å².